The maximum absolute atomic E-state index is 13.3. The van der Waals surface area contributed by atoms with Crippen molar-refractivity contribution in [1.29, 1.82) is 0 Å². The number of hydrogen-bond acceptors (Lipinski definition) is 3. The predicted molar refractivity (Wildman–Crippen MR) is 66.8 cm³/mol. The lowest BCUT2D eigenvalue weighted by atomic mass is 9.40. The van der Waals surface area contributed by atoms with Gasteiger partial charge >= 0.3 is 6.18 Å². The lowest BCUT2D eigenvalue weighted by molar-refractivity contribution is -0.229. The molecule has 3 aliphatic carbocycles. The lowest BCUT2D eigenvalue weighted by Crippen LogP contribution is -2.75. The van der Waals surface area contributed by atoms with Crippen LogP contribution in [-0.2, 0) is 4.79 Å². The van der Waals surface area contributed by atoms with Gasteiger partial charge in [-0.1, -0.05) is 0 Å². The van der Waals surface area contributed by atoms with E-state index in [1.54, 1.807) is 0 Å². The van der Waals surface area contributed by atoms with Crippen LogP contribution >= 0.6 is 0 Å². The first-order valence-corrected chi connectivity index (χ1v) is 7.05. The van der Waals surface area contributed by atoms with E-state index in [0.717, 1.165) is 19.3 Å². The number of alkyl halides is 3. The number of piperidine rings is 1. The molecule has 4 rings (SSSR count). The summed E-state index contributed by atoms with van der Waals surface area (Å²) in [7, 11) is 0. The lowest BCUT2D eigenvalue weighted by Gasteiger charge is -2.69. The summed E-state index contributed by atoms with van der Waals surface area (Å²) in [6.45, 7) is 0.782. The summed E-state index contributed by atoms with van der Waals surface area (Å²) >= 11 is 0. The molecule has 4 aliphatic rings. The zero-order chi connectivity index (χ0) is 14.6. The fraction of sp³-hybridized carbons (Fsp3) is 0.923. The third kappa shape index (κ3) is 1.94. The fourth-order valence-corrected chi connectivity index (χ4v) is 4.20. The molecule has 0 radical (unpaired) electrons. The molecule has 0 aromatic carbocycles. The molecule has 1 saturated heterocycles. The molecular formula is C13H20F3N3O. The Morgan fingerprint density at radius 1 is 1.20 bits per heavy atom. The van der Waals surface area contributed by atoms with Crippen molar-refractivity contribution in [2.45, 2.75) is 43.8 Å². The number of hydrogen-bond donors (Lipinski definition) is 3. The van der Waals surface area contributed by atoms with Crippen LogP contribution in [0.15, 0.2) is 0 Å². The number of nitrogens with two attached hydrogens (primary N) is 1. The van der Waals surface area contributed by atoms with Crippen LogP contribution in [0.1, 0.15) is 32.1 Å². The zero-order valence-electron chi connectivity index (χ0n) is 11.3. The number of rotatable bonds is 3. The van der Waals surface area contributed by atoms with Crippen molar-refractivity contribution in [2.24, 2.45) is 16.6 Å². The van der Waals surface area contributed by atoms with Crippen LogP contribution < -0.4 is 16.4 Å². The van der Waals surface area contributed by atoms with Gasteiger partial charge in [-0.3, -0.25) is 4.79 Å². The molecule has 1 amide bonds. The van der Waals surface area contributed by atoms with Gasteiger partial charge in [0.1, 0.15) is 5.41 Å². The SMILES string of the molecule is NC12CC(CNC(=O)C3(C(F)(F)F)CCNCC3)(C1)C2. The summed E-state index contributed by atoms with van der Waals surface area (Å²) in [4.78, 5) is 12.2. The second-order valence-electron chi connectivity index (χ2n) is 6.91. The molecule has 0 aromatic heterocycles. The molecule has 4 nitrogen and oxygen atoms in total. The molecular weight excluding hydrogens is 271 g/mol. The Labute approximate surface area is 115 Å². The molecule has 20 heavy (non-hydrogen) atoms. The molecule has 4 N–H and O–H groups in total. The molecule has 0 atom stereocenters. The van der Waals surface area contributed by atoms with Crippen molar-refractivity contribution >= 4 is 5.91 Å². The van der Waals surface area contributed by atoms with Gasteiger partial charge in [-0.15, -0.1) is 0 Å². The van der Waals surface area contributed by atoms with Gasteiger partial charge in [0.05, 0.1) is 0 Å². The fourth-order valence-electron chi connectivity index (χ4n) is 4.20. The Hall–Kier alpha value is -0.820. The summed E-state index contributed by atoms with van der Waals surface area (Å²) < 4.78 is 40.0. The van der Waals surface area contributed by atoms with Crippen molar-refractivity contribution < 1.29 is 18.0 Å². The minimum absolute atomic E-state index is 0.0237. The number of halogens is 3. The molecule has 3 saturated carbocycles. The third-order valence-electron chi connectivity index (χ3n) is 5.24. The van der Waals surface area contributed by atoms with E-state index in [1.165, 1.54) is 0 Å². The normalized spacial score (nSPS) is 38.6. The Morgan fingerprint density at radius 2 is 1.75 bits per heavy atom. The standard InChI is InChI=1S/C13H20F3N3O/c14-13(15,16)12(1-3-18-4-2-12)9(20)19-8-10-5-11(17,6-10)7-10/h18H,1-8,17H2,(H,19,20). The van der Waals surface area contributed by atoms with Gasteiger partial charge in [0, 0.05) is 12.1 Å². The van der Waals surface area contributed by atoms with E-state index < -0.39 is 17.5 Å². The Bertz CT molecular complexity index is 409. The molecule has 2 bridgehead atoms. The monoisotopic (exact) mass is 291 g/mol. The van der Waals surface area contributed by atoms with Crippen LogP contribution in [0.3, 0.4) is 0 Å². The molecule has 1 aliphatic heterocycles. The highest BCUT2D eigenvalue weighted by atomic mass is 19.4. The first-order chi connectivity index (χ1) is 9.21. The van der Waals surface area contributed by atoms with Gasteiger partial charge in [-0.25, -0.2) is 0 Å². The number of nitrogens with one attached hydrogen (secondary N) is 2. The highest BCUT2D eigenvalue weighted by Gasteiger charge is 2.66. The topological polar surface area (TPSA) is 67.1 Å². The summed E-state index contributed by atoms with van der Waals surface area (Å²) in [6, 6.07) is 0. The third-order valence-corrected chi connectivity index (χ3v) is 5.24. The van der Waals surface area contributed by atoms with E-state index in [4.69, 9.17) is 5.73 Å². The summed E-state index contributed by atoms with van der Waals surface area (Å²) in [5, 5.41) is 5.43. The van der Waals surface area contributed by atoms with Crippen LogP contribution in [0.4, 0.5) is 13.2 Å². The molecule has 1 heterocycles. The van der Waals surface area contributed by atoms with Gasteiger partial charge < -0.3 is 16.4 Å². The largest absolute Gasteiger partial charge is 0.403 e. The van der Waals surface area contributed by atoms with E-state index in [0.29, 0.717) is 6.54 Å². The smallest absolute Gasteiger partial charge is 0.355 e. The van der Waals surface area contributed by atoms with Gasteiger partial charge in [0.15, 0.2) is 0 Å². The second-order valence-corrected chi connectivity index (χ2v) is 6.91. The molecule has 114 valence electrons. The highest BCUT2D eigenvalue weighted by molar-refractivity contribution is 5.83. The molecule has 0 aromatic rings. The maximum atomic E-state index is 13.3. The van der Waals surface area contributed by atoms with E-state index in [9.17, 15) is 18.0 Å². The van der Waals surface area contributed by atoms with E-state index in [2.05, 4.69) is 10.6 Å². The van der Waals surface area contributed by atoms with Gasteiger partial charge in [-0.05, 0) is 50.6 Å². The first kappa shape index (κ1) is 14.1. The maximum Gasteiger partial charge on any atom is 0.403 e. The summed E-state index contributed by atoms with van der Waals surface area (Å²) in [5.41, 5.74) is 3.58. The van der Waals surface area contributed by atoms with Crippen molar-refractivity contribution in [3.05, 3.63) is 0 Å². The molecule has 0 unspecified atom stereocenters. The van der Waals surface area contributed by atoms with Gasteiger partial charge in [-0.2, -0.15) is 13.2 Å². The van der Waals surface area contributed by atoms with Crippen LogP contribution in [0.2, 0.25) is 0 Å². The minimum Gasteiger partial charge on any atom is -0.355 e. The van der Waals surface area contributed by atoms with Crippen molar-refractivity contribution in [3.8, 4) is 0 Å². The van der Waals surface area contributed by atoms with Crippen LogP contribution in [0.5, 0.6) is 0 Å². The summed E-state index contributed by atoms with van der Waals surface area (Å²) in [5.74, 6) is -0.859. The number of amides is 1. The number of carbonyl (C=O) groups is 1. The van der Waals surface area contributed by atoms with Crippen LogP contribution in [0.25, 0.3) is 0 Å². The average Bonchev–Trinajstić information content (AvgIpc) is 2.31. The van der Waals surface area contributed by atoms with Crippen molar-refractivity contribution in [3.63, 3.8) is 0 Å². The van der Waals surface area contributed by atoms with E-state index in [1.807, 2.05) is 0 Å². The van der Waals surface area contributed by atoms with Crippen molar-refractivity contribution in [1.82, 2.24) is 10.6 Å². The Morgan fingerprint density at radius 3 is 2.20 bits per heavy atom. The highest BCUT2D eigenvalue weighted by Crippen LogP contribution is 2.65. The number of carbonyl (C=O) groups excluding carboxylic acids is 1. The second kappa shape index (κ2) is 4.10. The Kier molecular flexibility index (Phi) is 2.90. The molecule has 7 heteroatoms. The average molecular weight is 291 g/mol. The molecule has 4 fully saturated rings. The quantitative estimate of drug-likeness (QED) is 0.724. The molecule has 0 spiro atoms. The van der Waals surface area contributed by atoms with Crippen molar-refractivity contribution in [2.75, 3.05) is 19.6 Å². The van der Waals surface area contributed by atoms with Gasteiger partial charge in [0.2, 0.25) is 5.91 Å². The Balaban J connectivity index is 1.64. The van der Waals surface area contributed by atoms with Crippen LogP contribution in [-0.4, -0.2) is 37.3 Å². The zero-order valence-corrected chi connectivity index (χ0v) is 11.3. The first-order valence-electron chi connectivity index (χ1n) is 7.05. The van der Waals surface area contributed by atoms with Gasteiger partial charge in [0.25, 0.3) is 0 Å². The minimum atomic E-state index is -4.49. The van der Waals surface area contributed by atoms with E-state index in [-0.39, 0.29) is 36.9 Å². The van der Waals surface area contributed by atoms with E-state index >= 15 is 0 Å². The van der Waals surface area contributed by atoms with Crippen LogP contribution in [0, 0.1) is 10.8 Å². The summed E-state index contributed by atoms with van der Waals surface area (Å²) in [6.07, 6.45) is -2.40. The predicted octanol–water partition coefficient (Wildman–Crippen LogP) is 0.916.